The second-order valence-corrected chi connectivity index (χ2v) is 10.3. The molecule has 0 spiro atoms. The first-order chi connectivity index (χ1) is 18.1. The lowest BCUT2D eigenvalue weighted by atomic mass is 9.74. The largest absolute Gasteiger partial charge is 0.391 e. The molecule has 1 aliphatic carbocycles. The number of benzene rings is 1. The van der Waals surface area contributed by atoms with E-state index in [9.17, 15) is 28.2 Å². The Labute approximate surface area is 217 Å². The van der Waals surface area contributed by atoms with Crippen LogP contribution in [0, 0.1) is 23.4 Å². The summed E-state index contributed by atoms with van der Waals surface area (Å²) in [6, 6.07) is 5.39. The molecule has 5 rings (SSSR count). The quantitative estimate of drug-likeness (QED) is 0.421. The van der Waals surface area contributed by atoms with E-state index in [1.165, 1.54) is 6.07 Å². The summed E-state index contributed by atoms with van der Waals surface area (Å²) < 4.78 is 49.6. The van der Waals surface area contributed by atoms with Gasteiger partial charge in [0.15, 0.2) is 5.78 Å². The maximum Gasteiger partial charge on any atom is 0.185 e. The molecule has 10 heteroatoms. The van der Waals surface area contributed by atoms with Crippen LogP contribution in [0.2, 0.25) is 0 Å². The molecule has 4 atom stereocenters. The first-order valence-corrected chi connectivity index (χ1v) is 12.4. The van der Waals surface area contributed by atoms with Crippen molar-refractivity contribution in [2.24, 2.45) is 11.7 Å². The zero-order valence-corrected chi connectivity index (χ0v) is 20.7. The van der Waals surface area contributed by atoms with Crippen molar-refractivity contribution >= 4 is 5.78 Å². The molecule has 3 heterocycles. The van der Waals surface area contributed by atoms with E-state index in [4.69, 9.17) is 10.5 Å². The molecule has 1 saturated heterocycles. The van der Waals surface area contributed by atoms with Gasteiger partial charge >= 0.3 is 0 Å². The van der Waals surface area contributed by atoms with Crippen molar-refractivity contribution in [3.05, 3.63) is 82.6 Å². The monoisotopic (exact) mass is 527 g/mol. The fraction of sp³-hybridized carbons (Fsp3) is 0.393. The number of ketones is 1. The number of carbonyl (C=O) groups is 1. The summed E-state index contributed by atoms with van der Waals surface area (Å²) in [5.41, 5.74) is 4.60. The lowest BCUT2D eigenvalue weighted by molar-refractivity contribution is -0.184. The van der Waals surface area contributed by atoms with E-state index in [-0.39, 0.29) is 42.7 Å². The van der Waals surface area contributed by atoms with Crippen molar-refractivity contribution in [2.75, 3.05) is 13.2 Å². The number of aromatic nitrogens is 2. The van der Waals surface area contributed by atoms with E-state index in [2.05, 4.69) is 9.97 Å². The molecule has 7 nitrogen and oxygen atoms in total. The van der Waals surface area contributed by atoms with Crippen molar-refractivity contribution in [2.45, 2.75) is 49.9 Å². The summed E-state index contributed by atoms with van der Waals surface area (Å²) in [4.78, 5) is 21.4. The van der Waals surface area contributed by atoms with Crippen LogP contribution >= 0.6 is 0 Å². The molecule has 0 amide bonds. The second-order valence-electron chi connectivity index (χ2n) is 10.3. The first kappa shape index (κ1) is 26.4. The Morgan fingerprint density at radius 2 is 1.84 bits per heavy atom. The van der Waals surface area contributed by atoms with E-state index >= 15 is 0 Å². The van der Waals surface area contributed by atoms with Gasteiger partial charge in [0.2, 0.25) is 0 Å². The molecule has 2 aliphatic rings. The number of Topliss-reactive ketones (excluding diaryl/α,β-unsaturated/α-hetero) is 1. The Kier molecular flexibility index (Phi) is 7.08. The summed E-state index contributed by atoms with van der Waals surface area (Å²) in [5, 5.41) is 20.6. The Balaban J connectivity index is 1.43. The third-order valence-electron chi connectivity index (χ3n) is 7.60. The highest BCUT2D eigenvalue weighted by molar-refractivity contribution is 5.96. The maximum absolute atomic E-state index is 15.0. The number of aliphatic hydroxyl groups is 2. The zero-order valence-electron chi connectivity index (χ0n) is 20.7. The van der Waals surface area contributed by atoms with Crippen LogP contribution in [0.5, 0.6) is 0 Å². The van der Waals surface area contributed by atoms with E-state index in [1.807, 2.05) is 13.0 Å². The predicted molar refractivity (Wildman–Crippen MR) is 132 cm³/mol. The van der Waals surface area contributed by atoms with Gasteiger partial charge in [0, 0.05) is 24.9 Å². The smallest absolute Gasteiger partial charge is 0.185 e. The highest BCUT2D eigenvalue weighted by Crippen LogP contribution is 2.38. The zero-order chi connectivity index (χ0) is 27.2. The van der Waals surface area contributed by atoms with Crippen LogP contribution < -0.4 is 5.73 Å². The Hall–Kier alpha value is -3.18. The van der Waals surface area contributed by atoms with Gasteiger partial charge < -0.3 is 20.7 Å². The van der Waals surface area contributed by atoms with Gasteiger partial charge in [-0.25, -0.2) is 18.2 Å². The molecule has 0 bridgehead atoms. The summed E-state index contributed by atoms with van der Waals surface area (Å²) in [6.45, 7) is 1.71. The third kappa shape index (κ3) is 4.84. The number of nitrogens with two attached hydrogens (primary N) is 1. The summed E-state index contributed by atoms with van der Waals surface area (Å²) >= 11 is 0. The number of pyridine rings is 2. The molecular formula is C28H28F3N3O4. The second kappa shape index (κ2) is 10.2. The van der Waals surface area contributed by atoms with Gasteiger partial charge in [-0.15, -0.1) is 0 Å². The van der Waals surface area contributed by atoms with Crippen LogP contribution in [0.15, 0.2) is 42.7 Å². The molecule has 1 saturated carbocycles. The lowest BCUT2D eigenvalue weighted by Gasteiger charge is -2.36. The van der Waals surface area contributed by atoms with Crippen LogP contribution in [-0.2, 0) is 16.8 Å². The van der Waals surface area contributed by atoms with Crippen LogP contribution in [0.1, 0.15) is 52.9 Å². The lowest BCUT2D eigenvalue weighted by Crippen LogP contribution is -2.46. The maximum atomic E-state index is 15.0. The van der Waals surface area contributed by atoms with Gasteiger partial charge in [0.25, 0.3) is 0 Å². The van der Waals surface area contributed by atoms with Crippen molar-refractivity contribution in [1.29, 1.82) is 0 Å². The molecular weight excluding hydrogens is 499 g/mol. The molecule has 2 fully saturated rings. The molecule has 0 unspecified atom stereocenters. The average molecular weight is 528 g/mol. The van der Waals surface area contributed by atoms with Crippen LogP contribution in [0.3, 0.4) is 0 Å². The number of hydrogen-bond acceptors (Lipinski definition) is 7. The van der Waals surface area contributed by atoms with Crippen molar-refractivity contribution in [1.82, 2.24) is 9.97 Å². The molecule has 0 radical (unpaired) electrons. The normalized spacial score (nSPS) is 24.6. The summed E-state index contributed by atoms with van der Waals surface area (Å²) in [5.74, 6) is -3.71. The average Bonchev–Trinajstić information content (AvgIpc) is 2.86. The van der Waals surface area contributed by atoms with Crippen LogP contribution in [0.4, 0.5) is 13.2 Å². The van der Waals surface area contributed by atoms with Crippen LogP contribution in [0.25, 0.3) is 11.3 Å². The van der Waals surface area contributed by atoms with Crippen LogP contribution in [-0.4, -0.2) is 51.3 Å². The van der Waals surface area contributed by atoms with Crippen molar-refractivity contribution in [3.8, 4) is 11.3 Å². The number of halogens is 3. The number of rotatable bonds is 6. The fourth-order valence-electron chi connectivity index (χ4n) is 5.38. The number of hydrogen-bond donors (Lipinski definition) is 3. The minimum atomic E-state index is -1.51. The highest BCUT2D eigenvalue weighted by atomic mass is 19.1. The van der Waals surface area contributed by atoms with E-state index < -0.39 is 52.2 Å². The van der Waals surface area contributed by atoms with Crippen molar-refractivity contribution < 1.29 is 32.9 Å². The highest BCUT2D eigenvalue weighted by Gasteiger charge is 2.39. The molecule has 4 N–H and O–H groups in total. The molecule has 3 aromatic rings. The Bertz CT molecular complexity index is 1350. The number of nitrogens with zero attached hydrogens (tertiary/aromatic N) is 2. The van der Waals surface area contributed by atoms with Gasteiger partial charge in [-0.3, -0.25) is 9.78 Å². The first-order valence-electron chi connectivity index (χ1n) is 12.4. The molecule has 1 aromatic carbocycles. The fourth-order valence-corrected chi connectivity index (χ4v) is 5.38. The molecule has 38 heavy (non-hydrogen) atoms. The molecule has 200 valence electrons. The summed E-state index contributed by atoms with van der Waals surface area (Å²) in [6.07, 6.45) is 3.73. The number of carbonyl (C=O) groups excluding carboxylic acids is 1. The van der Waals surface area contributed by atoms with Gasteiger partial charge in [-0.05, 0) is 71.7 Å². The minimum Gasteiger partial charge on any atom is -0.391 e. The van der Waals surface area contributed by atoms with Gasteiger partial charge in [-0.1, -0.05) is 6.92 Å². The van der Waals surface area contributed by atoms with E-state index in [0.717, 1.165) is 23.8 Å². The Morgan fingerprint density at radius 3 is 2.47 bits per heavy atom. The Morgan fingerprint density at radius 1 is 1.13 bits per heavy atom. The van der Waals surface area contributed by atoms with Gasteiger partial charge in [-0.2, -0.15) is 0 Å². The summed E-state index contributed by atoms with van der Waals surface area (Å²) in [7, 11) is 0. The topological polar surface area (TPSA) is 119 Å². The number of ether oxygens (including phenoxy) is 1. The predicted octanol–water partition coefficient (Wildman–Crippen LogP) is 3.41. The van der Waals surface area contributed by atoms with E-state index in [1.54, 1.807) is 12.4 Å². The van der Waals surface area contributed by atoms with Crippen molar-refractivity contribution in [3.63, 3.8) is 0 Å². The minimum absolute atomic E-state index is 0.0172. The van der Waals surface area contributed by atoms with E-state index in [0.29, 0.717) is 18.4 Å². The van der Waals surface area contributed by atoms with Gasteiger partial charge in [0.1, 0.15) is 34.4 Å². The third-order valence-corrected chi connectivity index (χ3v) is 7.60. The molecule has 1 aliphatic heterocycles. The SMILES string of the molecule is C[C@H]1C[C@@H](c2ccncc2CC(=O)c2ccc(F)c(-c3c(F)cc(C4(O)COC4)cc3F)n2)C[C@@H](N)[C@H]1O. The molecule has 2 aromatic heterocycles. The van der Waals surface area contributed by atoms with Gasteiger partial charge in [0.05, 0.1) is 24.9 Å². The number of aliphatic hydroxyl groups excluding tert-OH is 1. The standard InChI is InChI=1S/C28H28F3N3O4/c1-14-6-15(7-22(32)27(14)36)18-4-5-33-11-16(18)8-24(35)23-3-2-19(29)26(34-23)25-20(30)9-17(10-21(25)31)28(37)12-38-13-28/h2-5,9-11,14-15,22,27,36-37H,6-8,12-13,32H2,1H3/t14-,15+,22+,27-/m0/s1.